The molecule has 1 heterocycles. The van der Waals surface area contributed by atoms with Gasteiger partial charge in [-0.3, -0.25) is 9.69 Å². The number of aryl methyl sites for hydroxylation is 1. The summed E-state index contributed by atoms with van der Waals surface area (Å²) < 4.78 is 0. The van der Waals surface area contributed by atoms with E-state index in [4.69, 9.17) is 5.73 Å². The monoisotopic (exact) mass is 387 g/mol. The number of hydrogen-bond donors (Lipinski definition) is 1. The second-order valence-electron chi connectivity index (χ2n) is 7.29. The molecule has 0 spiro atoms. The van der Waals surface area contributed by atoms with Crippen LogP contribution >= 0.6 is 12.4 Å². The van der Waals surface area contributed by atoms with Crippen molar-refractivity contribution in [1.29, 1.82) is 0 Å². The lowest BCUT2D eigenvalue weighted by Gasteiger charge is -2.22. The highest BCUT2D eigenvalue weighted by Gasteiger charge is 2.32. The summed E-state index contributed by atoms with van der Waals surface area (Å²) in [5, 5.41) is 0. The Morgan fingerprint density at radius 2 is 1.70 bits per heavy atom. The molecule has 2 N–H and O–H groups in total. The largest absolute Gasteiger partial charge is 0.340 e. The van der Waals surface area contributed by atoms with Crippen molar-refractivity contribution in [3.8, 4) is 0 Å². The summed E-state index contributed by atoms with van der Waals surface area (Å²) in [6.45, 7) is 4.83. The third-order valence-electron chi connectivity index (χ3n) is 5.30. The second-order valence-corrected chi connectivity index (χ2v) is 7.29. The zero-order valence-electron chi connectivity index (χ0n) is 16.2. The number of likely N-dealkylation sites (tertiary alicyclic amines) is 1. The van der Waals surface area contributed by atoms with Gasteiger partial charge in [-0.2, -0.15) is 0 Å². The molecule has 0 unspecified atom stereocenters. The Balaban J connectivity index is 0.00000261. The maximum atomic E-state index is 12.6. The SMILES string of the molecule is CCc1ccc(CN(C)C(=O)CN2C[C@@H](N)[C@H](c3ccccc3)C2)cc1.Cl. The fourth-order valence-electron chi connectivity index (χ4n) is 3.65. The molecular formula is C22H30ClN3O. The van der Waals surface area contributed by atoms with Crippen LogP contribution in [0.5, 0.6) is 0 Å². The molecule has 3 rings (SSSR count). The summed E-state index contributed by atoms with van der Waals surface area (Å²) in [7, 11) is 1.88. The van der Waals surface area contributed by atoms with Gasteiger partial charge in [-0.15, -0.1) is 12.4 Å². The smallest absolute Gasteiger partial charge is 0.236 e. The maximum absolute atomic E-state index is 12.6. The van der Waals surface area contributed by atoms with Crippen molar-refractivity contribution in [3.05, 3.63) is 71.3 Å². The highest BCUT2D eigenvalue weighted by molar-refractivity contribution is 5.85. The van der Waals surface area contributed by atoms with E-state index < -0.39 is 0 Å². The molecule has 0 aliphatic carbocycles. The Bertz CT molecular complexity index is 720. The molecule has 2 atom stereocenters. The molecule has 0 saturated carbocycles. The molecule has 2 aromatic carbocycles. The van der Waals surface area contributed by atoms with Crippen LogP contribution in [0.15, 0.2) is 54.6 Å². The van der Waals surface area contributed by atoms with E-state index in [2.05, 4.69) is 48.2 Å². The lowest BCUT2D eigenvalue weighted by atomic mass is 9.95. The molecule has 0 radical (unpaired) electrons. The van der Waals surface area contributed by atoms with Gasteiger partial charge in [0.15, 0.2) is 0 Å². The van der Waals surface area contributed by atoms with Crippen molar-refractivity contribution in [3.63, 3.8) is 0 Å². The molecule has 0 aromatic heterocycles. The highest BCUT2D eigenvalue weighted by Crippen LogP contribution is 2.26. The number of likely N-dealkylation sites (N-methyl/N-ethyl adjacent to an activating group) is 1. The minimum absolute atomic E-state index is 0. The molecule has 1 aliphatic rings. The fraction of sp³-hybridized carbons (Fsp3) is 0.409. The summed E-state index contributed by atoms with van der Waals surface area (Å²) >= 11 is 0. The van der Waals surface area contributed by atoms with Gasteiger partial charge in [0.25, 0.3) is 0 Å². The first-order valence-electron chi connectivity index (χ1n) is 9.41. The quantitative estimate of drug-likeness (QED) is 0.828. The normalized spacial score (nSPS) is 19.5. The van der Waals surface area contributed by atoms with Gasteiger partial charge in [0, 0.05) is 38.6 Å². The van der Waals surface area contributed by atoms with E-state index in [0.29, 0.717) is 19.0 Å². The lowest BCUT2D eigenvalue weighted by Crippen LogP contribution is -2.38. The molecule has 2 aromatic rings. The molecule has 1 aliphatic heterocycles. The van der Waals surface area contributed by atoms with Crippen molar-refractivity contribution < 1.29 is 4.79 Å². The average Bonchev–Trinajstić information content (AvgIpc) is 3.03. The van der Waals surface area contributed by atoms with Crippen LogP contribution in [-0.2, 0) is 17.8 Å². The zero-order valence-corrected chi connectivity index (χ0v) is 17.0. The number of carbonyl (C=O) groups is 1. The zero-order chi connectivity index (χ0) is 18.5. The molecule has 4 nitrogen and oxygen atoms in total. The van der Waals surface area contributed by atoms with Gasteiger partial charge in [-0.05, 0) is 23.1 Å². The predicted molar refractivity (Wildman–Crippen MR) is 113 cm³/mol. The summed E-state index contributed by atoms with van der Waals surface area (Å²) in [5.41, 5.74) is 10.1. The van der Waals surface area contributed by atoms with Crippen LogP contribution in [0.1, 0.15) is 29.5 Å². The van der Waals surface area contributed by atoms with E-state index in [9.17, 15) is 4.79 Å². The summed E-state index contributed by atoms with van der Waals surface area (Å²) in [4.78, 5) is 16.6. The molecule has 27 heavy (non-hydrogen) atoms. The molecule has 0 bridgehead atoms. The Morgan fingerprint density at radius 3 is 2.33 bits per heavy atom. The van der Waals surface area contributed by atoms with E-state index in [1.54, 1.807) is 0 Å². The molecular weight excluding hydrogens is 358 g/mol. The minimum Gasteiger partial charge on any atom is -0.340 e. The van der Waals surface area contributed by atoms with Gasteiger partial charge >= 0.3 is 0 Å². The molecule has 1 amide bonds. The van der Waals surface area contributed by atoms with Crippen molar-refractivity contribution in [2.75, 3.05) is 26.7 Å². The summed E-state index contributed by atoms with van der Waals surface area (Å²) in [6, 6.07) is 18.9. The number of hydrogen-bond acceptors (Lipinski definition) is 3. The van der Waals surface area contributed by atoms with E-state index in [1.807, 2.05) is 30.1 Å². The van der Waals surface area contributed by atoms with Gasteiger partial charge in [0.1, 0.15) is 0 Å². The second kappa shape index (κ2) is 9.88. The third-order valence-corrected chi connectivity index (χ3v) is 5.30. The standard InChI is InChI=1S/C22H29N3O.ClH/c1-3-17-9-11-18(12-10-17)13-24(2)22(26)16-25-14-20(21(23)15-25)19-7-5-4-6-8-19;/h4-12,20-21H,3,13-16,23H2,1-2H3;1H/t20-,21+;/m0./s1. The first-order chi connectivity index (χ1) is 12.6. The number of rotatable bonds is 6. The summed E-state index contributed by atoms with van der Waals surface area (Å²) in [5.74, 6) is 0.446. The van der Waals surface area contributed by atoms with Crippen LogP contribution in [0.4, 0.5) is 0 Å². The topological polar surface area (TPSA) is 49.6 Å². The first-order valence-corrected chi connectivity index (χ1v) is 9.41. The Morgan fingerprint density at radius 1 is 1.07 bits per heavy atom. The molecule has 146 valence electrons. The molecule has 1 saturated heterocycles. The van der Waals surface area contributed by atoms with Crippen LogP contribution in [0.3, 0.4) is 0 Å². The van der Waals surface area contributed by atoms with Crippen molar-refractivity contribution in [2.24, 2.45) is 5.73 Å². The van der Waals surface area contributed by atoms with Gasteiger partial charge < -0.3 is 10.6 Å². The van der Waals surface area contributed by atoms with Crippen LogP contribution < -0.4 is 5.73 Å². The van der Waals surface area contributed by atoms with Gasteiger partial charge in [-0.25, -0.2) is 0 Å². The third kappa shape index (κ3) is 5.55. The van der Waals surface area contributed by atoms with Gasteiger partial charge in [0.2, 0.25) is 5.91 Å². The lowest BCUT2D eigenvalue weighted by molar-refractivity contribution is -0.131. The van der Waals surface area contributed by atoms with E-state index in [-0.39, 0.29) is 24.4 Å². The van der Waals surface area contributed by atoms with E-state index in [1.165, 1.54) is 16.7 Å². The molecule has 1 fully saturated rings. The van der Waals surface area contributed by atoms with Crippen LogP contribution in [0.25, 0.3) is 0 Å². The number of benzene rings is 2. The van der Waals surface area contributed by atoms with Crippen molar-refractivity contribution in [1.82, 2.24) is 9.80 Å². The van der Waals surface area contributed by atoms with Crippen LogP contribution in [0.2, 0.25) is 0 Å². The highest BCUT2D eigenvalue weighted by atomic mass is 35.5. The number of halogens is 1. The predicted octanol–water partition coefficient (Wildman–Crippen LogP) is 3.06. The molecule has 5 heteroatoms. The number of amides is 1. The number of nitrogens with zero attached hydrogens (tertiary/aromatic N) is 2. The Kier molecular flexibility index (Phi) is 7.84. The number of nitrogens with two attached hydrogens (primary N) is 1. The van der Waals surface area contributed by atoms with Gasteiger partial charge in [-0.1, -0.05) is 61.5 Å². The minimum atomic E-state index is 0. The van der Waals surface area contributed by atoms with Crippen molar-refractivity contribution in [2.45, 2.75) is 31.8 Å². The van der Waals surface area contributed by atoms with Crippen LogP contribution in [0, 0.1) is 0 Å². The maximum Gasteiger partial charge on any atom is 0.236 e. The van der Waals surface area contributed by atoms with Gasteiger partial charge in [0.05, 0.1) is 6.54 Å². The van der Waals surface area contributed by atoms with Crippen molar-refractivity contribution >= 4 is 18.3 Å². The Labute approximate surface area is 168 Å². The summed E-state index contributed by atoms with van der Waals surface area (Å²) in [6.07, 6.45) is 1.03. The van der Waals surface area contributed by atoms with Crippen LogP contribution in [-0.4, -0.2) is 48.4 Å². The van der Waals surface area contributed by atoms with E-state index in [0.717, 1.165) is 19.5 Å². The first kappa shape index (κ1) is 21.4. The average molecular weight is 388 g/mol. The fourth-order valence-corrected chi connectivity index (χ4v) is 3.65. The Hall–Kier alpha value is -1.88. The number of carbonyl (C=O) groups excluding carboxylic acids is 1. The van der Waals surface area contributed by atoms with E-state index >= 15 is 0 Å².